The van der Waals surface area contributed by atoms with Crippen molar-refractivity contribution in [1.82, 2.24) is 4.90 Å². The van der Waals surface area contributed by atoms with Gasteiger partial charge in [0.25, 0.3) is 0 Å². The molecule has 1 fully saturated rings. The van der Waals surface area contributed by atoms with Gasteiger partial charge in [-0.05, 0) is 37.5 Å². The highest BCUT2D eigenvalue weighted by atomic mass is 16.6. The lowest BCUT2D eigenvalue weighted by Gasteiger charge is -2.35. The molecule has 1 N–H and O–H groups in total. The smallest absolute Gasteiger partial charge is 0.410 e. The monoisotopic (exact) mass is 547 g/mol. The molecule has 1 aliphatic rings. The Balaban J connectivity index is 1.66. The maximum atomic E-state index is 13.3. The summed E-state index contributed by atoms with van der Waals surface area (Å²) in [5.74, 6) is -0.470. The predicted octanol–water partition coefficient (Wildman–Crippen LogP) is 5.60. The van der Waals surface area contributed by atoms with Gasteiger partial charge in [-0.15, -0.1) is 0 Å². The van der Waals surface area contributed by atoms with Crippen molar-refractivity contribution in [2.45, 2.75) is 70.5 Å². The highest BCUT2D eigenvalue weighted by molar-refractivity contribution is 5.68. The van der Waals surface area contributed by atoms with Crippen LogP contribution >= 0.6 is 0 Å². The SMILES string of the molecule is CN(C(=O)OC(C)(C)C)[C@H]1[C@H](CO)[C@@H](OCc2ccccc2)[C@H](OCc2ccccc2)[C@@H]1OCc1ccccc1. The van der Waals surface area contributed by atoms with E-state index in [-0.39, 0.29) is 6.61 Å². The lowest BCUT2D eigenvalue weighted by Crippen LogP contribution is -2.50. The molecule has 0 heterocycles. The highest BCUT2D eigenvalue weighted by Gasteiger charge is 2.55. The molecule has 214 valence electrons. The average Bonchev–Trinajstić information content (AvgIpc) is 3.26. The summed E-state index contributed by atoms with van der Waals surface area (Å²) in [6.45, 7) is 6.27. The minimum Gasteiger partial charge on any atom is -0.444 e. The zero-order valence-electron chi connectivity index (χ0n) is 23.8. The van der Waals surface area contributed by atoms with Crippen LogP contribution in [-0.4, -0.2) is 59.7 Å². The lowest BCUT2D eigenvalue weighted by molar-refractivity contribution is -0.131. The number of nitrogens with zero attached hydrogens (tertiary/aromatic N) is 1. The van der Waals surface area contributed by atoms with Crippen molar-refractivity contribution in [2.24, 2.45) is 5.92 Å². The Morgan fingerprint density at radius 3 is 1.50 bits per heavy atom. The first-order chi connectivity index (χ1) is 19.3. The number of ether oxygens (including phenoxy) is 4. The fourth-order valence-corrected chi connectivity index (χ4v) is 5.14. The summed E-state index contributed by atoms with van der Waals surface area (Å²) >= 11 is 0. The van der Waals surface area contributed by atoms with Crippen LogP contribution in [0.4, 0.5) is 4.79 Å². The molecule has 5 atom stereocenters. The number of hydrogen-bond donors (Lipinski definition) is 1. The fourth-order valence-electron chi connectivity index (χ4n) is 5.14. The molecule has 1 amide bonds. The molecule has 40 heavy (non-hydrogen) atoms. The molecule has 0 radical (unpaired) electrons. The number of aliphatic hydroxyl groups excluding tert-OH is 1. The number of hydrogen-bond acceptors (Lipinski definition) is 6. The van der Waals surface area contributed by atoms with E-state index in [4.69, 9.17) is 18.9 Å². The Hall–Kier alpha value is -3.23. The van der Waals surface area contributed by atoms with Crippen LogP contribution in [0.5, 0.6) is 0 Å². The lowest BCUT2D eigenvalue weighted by atomic mass is 10.0. The van der Waals surface area contributed by atoms with Gasteiger partial charge < -0.3 is 29.0 Å². The molecular formula is C33H41NO6. The number of benzene rings is 3. The fraction of sp³-hybridized carbons (Fsp3) is 0.424. The van der Waals surface area contributed by atoms with Gasteiger partial charge in [-0.3, -0.25) is 0 Å². The van der Waals surface area contributed by atoms with Crippen molar-refractivity contribution in [2.75, 3.05) is 13.7 Å². The van der Waals surface area contributed by atoms with Crippen molar-refractivity contribution in [3.05, 3.63) is 108 Å². The van der Waals surface area contributed by atoms with Gasteiger partial charge in [0, 0.05) is 13.0 Å². The van der Waals surface area contributed by atoms with E-state index in [2.05, 4.69) is 0 Å². The van der Waals surface area contributed by atoms with Crippen LogP contribution in [0.3, 0.4) is 0 Å². The molecule has 3 aromatic rings. The number of likely N-dealkylation sites (N-methyl/N-ethyl adjacent to an activating group) is 1. The van der Waals surface area contributed by atoms with Crippen LogP contribution in [-0.2, 0) is 38.8 Å². The summed E-state index contributed by atoms with van der Waals surface area (Å²) < 4.78 is 25.3. The number of aliphatic hydroxyl groups is 1. The van der Waals surface area contributed by atoms with Crippen molar-refractivity contribution in [1.29, 1.82) is 0 Å². The van der Waals surface area contributed by atoms with Gasteiger partial charge in [-0.2, -0.15) is 0 Å². The van der Waals surface area contributed by atoms with Gasteiger partial charge in [0.15, 0.2) is 0 Å². The van der Waals surface area contributed by atoms with Crippen molar-refractivity contribution in [3.63, 3.8) is 0 Å². The Morgan fingerprint density at radius 2 is 1.10 bits per heavy atom. The molecule has 1 saturated carbocycles. The summed E-state index contributed by atoms with van der Waals surface area (Å²) in [6.07, 6.45) is -2.17. The number of carbonyl (C=O) groups excluding carboxylic acids is 1. The molecule has 1 aliphatic carbocycles. The third-order valence-electron chi connectivity index (χ3n) is 7.04. The number of rotatable bonds is 11. The van der Waals surface area contributed by atoms with Crippen LogP contribution in [0.2, 0.25) is 0 Å². The Kier molecular flexibility index (Phi) is 10.3. The van der Waals surface area contributed by atoms with E-state index in [1.54, 1.807) is 7.05 Å². The number of amides is 1. The second kappa shape index (κ2) is 13.9. The van der Waals surface area contributed by atoms with Gasteiger partial charge in [0.1, 0.15) is 17.8 Å². The minimum atomic E-state index is -0.675. The maximum absolute atomic E-state index is 13.3. The van der Waals surface area contributed by atoms with E-state index in [0.717, 1.165) is 16.7 Å². The quantitative estimate of drug-likeness (QED) is 0.337. The molecule has 0 unspecified atom stereocenters. The van der Waals surface area contributed by atoms with Gasteiger partial charge in [0.05, 0.1) is 38.6 Å². The first-order valence-corrected chi connectivity index (χ1v) is 13.8. The standard InChI is InChI=1S/C33H41NO6/c1-33(2,3)40-32(36)34(4)28-27(20-35)29(37-21-24-14-8-5-9-15-24)31(39-23-26-18-12-7-13-19-26)30(28)38-22-25-16-10-6-11-17-25/h5-19,27-31,35H,20-23H2,1-4H3/t27-,28-,29+,30+,31-/m0/s1. The molecule has 0 spiro atoms. The Morgan fingerprint density at radius 1 is 0.700 bits per heavy atom. The van der Waals surface area contributed by atoms with Gasteiger partial charge >= 0.3 is 6.09 Å². The van der Waals surface area contributed by atoms with Crippen molar-refractivity contribution < 1.29 is 28.8 Å². The van der Waals surface area contributed by atoms with Crippen molar-refractivity contribution >= 4 is 6.09 Å². The Labute approximate surface area is 237 Å². The summed E-state index contributed by atoms with van der Waals surface area (Å²) in [5, 5.41) is 10.7. The van der Waals surface area contributed by atoms with E-state index in [1.807, 2.05) is 112 Å². The minimum absolute atomic E-state index is 0.215. The second-order valence-corrected chi connectivity index (χ2v) is 11.2. The summed E-state index contributed by atoms with van der Waals surface area (Å²) in [6, 6.07) is 29.1. The van der Waals surface area contributed by atoms with Gasteiger partial charge in [-0.1, -0.05) is 91.0 Å². The molecule has 4 rings (SSSR count). The van der Waals surface area contributed by atoms with E-state index in [0.29, 0.717) is 19.8 Å². The average molecular weight is 548 g/mol. The third-order valence-corrected chi connectivity index (χ3v) is 7.04. The molecule has 0 aliphatic heterocycles. The molecule has 0 aromatic heterocycles. The summed E-state index contributed by atoms with van der Waals surface area (Å²) in [4.78, 5) is 14.8. The van der Waals surface area contributed by atoms with Crippen LogP contribution in [0.1, 0.15) is 37.5 Å². The van der Waals surface area contributed by atoms with E-state index in [1.165, 1.54) is 4.90 Å². The summed E-state index contributed by atoms with van der Waals surface area (Å²) in [5.41, 5.74) is 2.34. The van der Waals surface area contributed by atoms with Crippen LogP contribution < -0.4 is 0 Å². The van der Waals surface area contributed by atoms with E-state index in [9.17, 15) is 9.90 Å². The molecule has 0 saturated heterocycles. The molecular weight excluding hydrogens is 506 g/mol. The Bertz CT molecular complexity index is 1170. The largest absolute Gasteiger partial charge is 0.444 e. The number of carbonyl (C=O) groups is 1. The molecule has 0 bridgehead atoms. The zero-order valence-corrected chi connectivity index (χ0v) is 23.8. The van der Waals surface area contributed by atoms with Crippen LogP contribution in [0.25, 0.3) is 0 Å². The maximum Gasteiger partial charge on any atom is 0.410 e. The third kappa shape index (κ3) is 7.92. The second-order valence-electron chi connectivity index (χ2n) is 11.2. The topological polar surface area (TPSA) is 77.5 Å². The van der Waals surface area contributed by atoms with Crippen LogP contribution in [0, 0.1) is 5.92 Å². The van der Waals surface area contributed by atoms with Crippen molar-refractivity contribution in [3.8, 4) is 0 Å². The van der Waals surface area contributed by atoms with Gasteiger partial charge in [0.2, 0.25) is 0 Å². The molecule has 7 heteroatoms. The summed E-state index contributed by atoms with van der Waals surface area (Å²) in [7, 11) is 1.69. The van der Waals surface area contributed by atoms with E-state index >= 15 is 0 Å². The predicted molar refractivity (Wildman–Crippen MR) is 153 cm³/mol. The van der Waals surface area contributed by atoms with Crippen LogP contribution in [0.15, 0.2) is 91.0 Å². The normalized spacial score (nSPS) is 22.7. The van der Waals surface area contributed by atoms with Gasteiger partial charge in [-0.25, -0.2) is 4.79 Å². The molecule has 3 aromatic carbocycles. The van der Waals surface area contributed by atoms with E-state index < -0.39 is 42.0 Å². The molecule has 7 nitrogen and oxygen atoms in total. The first-order valence-electron chi connectivity index (χ1n) is 13.8. The zero-order chi connectivity index (χ0) is 28.5. The highest BCUT2D eigenvalue weighted by Crippen LogP contribution is 2.38. The first kappa shape index (κ1) is 29.7.